The maximum absolute atomic E-state index is 13.9. The van der Waals surface area contributed by atoms with Crippen LogP contribution in [-0.4, -0.2) is 13.4 Å². The lowest BCUT2D eigenvalue weighted by atomic mass is 10.1. The molecular formula is C24H24Cl2FNO4. The lowest BCUT2D eigenvalue weighted by Gasteiger charge is -2.16. The molecule has 5 nitrogen and oxygen atoms in total. The van der Waals surface area contributed by atoms with Crippen LogP contribution < -0.4 is 24.3 Å². The van der Waals surface area contributed by atoms with Crippen LogP contribution >= 0.6 is 24.0 Å². The van der Waals surface area contributed by atoms with Crippen LogP contribution in [0.2, 0.25) is 5.02 Å². The Kier molecular flexibility index (Phi) is 8.45. The van der Waals surface area contributed by atoms with E-state index in [1.807, 2.05) is 37.3 Å². The highest BCUT2D eigenvalue weighted by molar-refractivity contribution is 6.32. The van der Waals surface area contributed by atoms with Crippen molar-refractivity contribution >= 4 is 24.0 Å². The van der Waals surface area contributed by atoms with Crippen molar-refractivity contribution in [2.75, 3.05) is 13.4 Å². The molecule has 0 fully saturated rings. The highest BCUT2D eigenvalue weighted by atomic mass is 35.5. The molecule has 0 atom stereocenters. The van der Waals surface area contributed by atoms with Gasteiger partial charge in [-0.15, -0.1) is 12.4 Å². The zero-order valence-electron chi connectivity index (χ0n) is 17.5. The van der Waals surface area contributed by atoms with Gasteiger partial charge in [-0.3, -0.25) is 0 Å². The smallest absolute Gasteiger partial charge is 0.231 e. The standard InChI is InChI=1S/C24H23ClFNO4.ClH/c1-2-28-23-11-17(13-27-12-16-7-8-21-22(10-16)31-15-30-21)9-19(25)24(23)29-14-18-5-3-4-6-20(18)26;/h3-11,27H,2,12-15H2,1H3;1H. The lowest BCUT2D eigenvalue weighted by molar-refractivity contribution is 0.174. The van der Waals surface area contributed by atoms with Crippen molar-refractivity contribution in [2.24, 2.45) is 0 Å². The predicted molar refractivity (Wildman–Crippen MR) is 124 cm³/mol. The minimum Gasteiger partial charge on any atom is -0.490 e. The van der Waals surface area contributed by atoms with Gasteiger partial charge in [0, 0.05) is 18.7 Å². The molecule has 0 saturated carbocycles. The Labute approximate surface area is 197 Å². The van der Waals surface area contributed by atoms with E-state index in [2.05, 4.69) is 5.32 Å². The molecule has 8 heteroatoms. The summed E-state index contributed by atoms with van der Waals surface area (Å²) in [7, 11) is 0. The third kappa shape index (κ3) is 5.76. The molecule has 0 radical (unpaired) electrons. The molecule has 170 valence electrons. The molecule has 0 amide bonds. The van der Waals surface area contributed by atoms with E-state index in [0.717, 1.165) is 22.6 Å². The largest absolute Gasteiger partial charge is 0.490 e. The quantitative estimate of drug-likeness (QED) is 0.414. The van der Waals surface area contributed by atoms with Crippen molar-refractivity contribution in [1.29, 1.82) is 0 Å². The number of rotatable bonds is 9. The van der Waals surface area contributed by atoms with Crippen LogP contribution in [0.3, 0.4) is 0 Å². The van der Waals surface area contributed by atoms with E-state index in [-0.39, 0.29) is 31.6 Å². The van der Waals surface area contributed by atoms with Crippen LogP contribution in [0, 0.1) is 5.82 Å². The topological polar surface area (TPSA) is 49.0 Å². The summed E-state index contributed by atoms with van der Waals surface area (Å²) >= 11 is 6.48. The summed E-state index contributed by atoms with van der Waals surface area (Å²) < 4.78 is 36.2. The van der Waals surface area contributed by atoms with E-state index in [1.54, 1.807) is 18.2 Å². The molecule has 3 aromatic carbocycles. The Morgan fingerprint density at radius 2 is 1.75 bits per heavy atom. The van der Waals surface area contributed by atoms with E-state index in [1.165, 1.54) is 6.07 Å². The van der Waals surface area contributed by atoms with Gasteiger partial charge in [-0.1, -0.05) is 35.9 Å². The van der Waals surface area contributed by atoms with Gasteiger partial charge >= 0.3 is 0 Å². The van der Waals surface area contributed by atoms with Gasteiger partial charge in [0.25, 0.3) is 0 Å². The number of hydrogen-bond donors (Lipinski definition) is 1. The molecule has 0 unspecified atom stereocenters. The molecule has 1 heterocycles. The first-order chi connectivity index (χ1) is 15.1. The number of hydrogen-bond acceptors (Lipinski definition) is 5. The molecule has 0 aromatic heterocycles. The highest BCUT2D eigenvalue weighted by Crippen LogP contribution is 2.37. The summed E-state index contributed by atoms with van der Waals surface area (Å²) in [5, 5.41) is 3.81. The number of halogens is 3. The first kappa shape index (κ1) is 24.0. The van der Waals surface area contributed by atoms with Crippen molar-refractivity contribution < 1.29 is 23.3 Å². The van der Waals surface area contributed by atoms with Gasteiger partial charge in [0.05, 0.1) is 11.6 Å². The average Bonchev–Trinajstić information content (AvgIpc) is 3.22. The number of benzene rings is 3. The zero-order chi connectivity index (χ0) is 21.6. The van der Waals surface area contributed by atoms with Gasteiger partial charge in [0.2, 0.25) is 6.79 Å². The number of fused-ring (bicyclic) bond motifs is 1. The minimum atomic E-state index is -0.319. The Hall–Kier alpha value is -2.67. The second-order valence-electron chi connectivity index (χ2n) is 7.01. The summed E-state index contributed by atoms with van der Waals surface area (Å²) in [6.45, 7) is 3.91. The predicted octanol–water partition coefficient (Wildman–Crippen LogP) is 5.90. The van der Waals surface area contributed by atoms with Crippen LogP contribution in [-0.2, 0) is 19.7 Å². The molecule has 1 aliphatic rings. The van der Waals surface area contributed by atoms with Crippen LogP contribution in [0.5, 0.6) is 23.0 Å². The summed E-state index contributed by atoms with van der Waals surface area (Å²) in [5.41, 5.74) is 2.49. The van der Waals surface area contributed by atoms with Crippen molar-refractivity contribution in [3.05, 3.63) is 82.1 Å². The van der Waals surface area contributed by atoms with Gasteiger partial charge in [0.15, 0.2) is 23.0 Å². The monoisotopic (exact) mass is 479 g/mol. The van der Waals surface area contributed by atoms with E-state index < -0.39 is 0 Å². The van der Waals surface area contributed by atoms with Crippen molar-refractivity contribution in [3.63, 3.8) is 0 Å². The van der Waals surface area contributed by atoms with Gasteiger partial charge in [-0.2, -0.15) is 0 Å². The average molecular weight is 480 g/mol. The zero-order valence-corrected chi connectivity index (χ0v) is 19.1. The fraction of sp³-hybridized carbons (Fsp3) is 0.250. The molecule has 0 bridgehead atoms. The number of ether oxygens (including phenoxy) is 4. The first-order valence-corrected chi connectivity index (χ1v) is 10.4. The van der Waals surface area contributed by atoms with E-state index in [9.17, 15) is 4.39 Å². The van der Waals surface area contributed by atoms with Gasteiger partial charge in [-0.05, 0) is 48.4 Å². The van der Waals surface area contributed by atoms with E-state index in [0.29, 0.717) is 41.8 Å². The lowest BCUT2D eigenvalue weighted by Crippen LogP contribution is -2.13. The summed E-state index contributed by atoms with van der Waals surface area (Å²) in [6.07, 6.45) is 0. The fourth-order valence-corrected chi connectivity index (χ4v) is 3.58. The molecule has 0 saturated heterocycles. The Bertz CT molecular complexity index is 1060. The van der Waals surface area contributed by atoms with Gasteiger partial charge < -0.3 is 24.3 Å². The maximum Gasteiger partial charge on any atom is 0.231 e. The van der Waals surface area contributed by atoms with Crippen LogP contribution in [0.15, 0.2) is 54.6 Å². The fourth-order valence-electron chi connectivity index (χ4n) is 3.29. The van der Waals surface area contributed by atoms with Gasteiger partial charge in [-0.25, -0.2) is 4.39 Å². The molecule has 4 rings (SSSR count). The molecule has 3 aromatic rings. The second kappa shape index (κ2) is 11.3. The summed E-state index contributed by atoms with van der Waals surface area (Å²) in [4.78, 5) is 0. The molecule has 0 spiro atoms. The number of nitrogens with one attached hydrogen (secondary N) is 1. The van der Waals surface area contributed by atoms with E-state index >= 15 is 0 Å². The third-order valence-corrected chi connectivity index (χ3v) is 5.07. The third-order valence-electron chi connectivity index (χ3n) is 4.79. The van der Waals surface area contributed by atoms with Crippen LogP contribution in [0.25, 0.3) is 0 Å². The molecule has 0 aliphatic carbocycles. The minimum absolute atomic E-state index is 0. The molecule has 1 aliphatic heterocycles. The molecule has 32 heavy (non-hydrogen) atoms. The first-order valence-electron chi connectivity index (χ1n) is 10.0. The van der Waals surface area contributed by atoms with Crippen LogP contribution in [0.1, 0.15) is 23.6 Å². The Morgan fingerprint density at radius 1 is 0.969 bits per heavy atom. The SMILES string of the molecule is CCOc1cc(CNCc2ccc3c(c2)OCO3)cc(Cl)c1OCc1ccccc1F.Cl. The second-order valence-corrected chi connectivity index (χ2v) is 7.42. The van der Waals surface area contributed by atoms with Crippen LogP contribution in [0.4, 0.5) is 4.39 Å². The normalized spacial score (nSPS) is 11.7. The maximum atomic E-state index is 13.9. The Morgan fingerprint density at radius 3 is 2.56 bits per heavy atom. The van der Waals surface area contributed by atoms with Crippen molar-refractivity contribution in [2.45, 2.75) is 26.6 Å². The summed E-state index contributed by atoms with van der Waals surface area (Å²) in [6, 6.07) is 16.1. The van der Waals surface area contributed by atoms with Crippen molar-refractivity contribution in [1.82, 2.24) is 5.32 Å². The summed E-state index contributed by atoms with van der Waals surface area (Å²) in [5.74, 6) is 2.15. The Balaban J connectivity index is 0.00000289. The van der Waals surface area contributed by atoms with Gasteiger partial charge in [0.1, 0.15) is 12.4 Å². The van der Waals surface area contributed by atoms with E-state index in [4.69, 9.17) is 30.5 Å². The molecular weight excluding hydrogens is 456 g/mol. The highest BCUT2D eigenvalue weighted by Gasteiger charge is 2.15. The van der Waals surface area contributed by atoms with Crippen molar-refractivity contribution in [3.8, 4) is 23.0 Å². The molecule has 1 N–H and O–H groups in total.